The van der Waals surface area contributed by atoms with Gasteiger partial charge in [0.2, 0.25) is 0 Å². The average molecular weight is 377 g/mol. The molecule has 1 aliphatic heterocycles. The second-order valence-corrected chi connectivity index (χ2v) is 6.44. The molecule has 2 aromatic rings. The molecule has 3 N–H and O–H groups in total. The van der Waals surface area contributed by atoms with Crippen LogP contribution >= 0.6 is 11.6 Å². The fourth-order valence-corrected chi connectivity index (χ4v) is 2.96. The van der Waals surface area contributed by atoms with Crippen LogP contribution in [0.25, 0.3) is 11.3 Å². The highest BCUT2D eigenvalue weighted by Gasteiger charge is 2.23. The number of hydrogen-bond acceptors (Lipinski definition) is 6. The third kappa shape index (κ3) is 4.51. The number of nitrogen functional groups attached to an aromatic ring is 1. The lowest BCUT2D eigenvalue weighted by Gasteiger charge is -2.10. The van der Waals surface area contributed by atoms with Gasteiger partial charge in [0.05, 0.1) is 37.4 Å². The van der Waals surface area contributed by atoms with Gasteiger partial charge in [-0.3, -0.25) is 4.99 Å². The molecule has 0 bridgehead atoms. The smallest absolute Gasteiger partial charge is 0.151 e. The van der Waals surface area contributed by atoms with Crippen LogP contribution in [0.3, 0.4) is 0 Å². The van der Waals surface area contributed by atoms with E-state index >= 15 is 0 Å². The molecule has 2 atom stereocenters. The summed E-state index contributed by atoms with van der Waals surface area (Å²) in [5.74, 6) is 0.687. The Morgan fingerprint density at radius 3 is 2.65 bits per heavy atom. The summed E-state index contributed by atoms with van der Waals surface area (Å²) in [6, 6.07) is 3.35. The molecule has 2 heterocycles. The predicted octanol–water partition coefficient (Wildman–Crippen LogP) is 3.87. The Balaban J connectivity index is 0.00000117. The number of aryl methyl sites for hydroxylation is 1. The van der Waals surface area contributed by atoms with Crippen molar-refractivity contribution in [2.75, 3.05) is 18.9 Å². The molecule has 1 aromatic heterocycles. The Hall–Kier alpha value is -2.18. The number of halogens is 1. The Morgan fingerprint density at radius 1 is 1.35 bits per heavy atom. The lowest BCUT2D eigenvalue weighted by Crippen LogP contribution is -2.13. The van der Waals surface area contributed by atoms with Crippen LogP contribution in [0.5, 0.6) is 5.75 Å². The molecule has 0 radical (unpaired) electrons. The maximum Gasteiger partial charge on any atom is 0.151 e. The van der Waals surface area contributed by atoms with Gasteiger partial charge >= 0.3 is 0 Å². The van der Waals surface area contributed by atoms with Crippen molar-refractivity contribution >= 4 is 23.6 Å². The SMILES string of the molecule is CC.Cc1cc(Cl)cc(O)c1-c1cnc(C=NC2COCC2C)c(N)n1. The van der Waals surface area contributed by atoms with E-state index in [1.807, 2.05) is 20.8 Å². The van der Waals surface area contributed by atoms with Crippen molar-refractivity contribution in [3.63, 3.8) is 0 Å². The number of benzene rings is 1. The van der Waals surface area contributed by atoms with Crippen LogP contribution in [0.15, 0.2) is 23.3 Å². The highest BCUT2D eigenvalue weighted by molar-refractivity contribution is 6.31. The second-order valence-electron chi connectivity index (χ2n) is 6.00. The van der Waals surface area contributed by atoms with Crippen LogP contribution in [-0.4, -0.2) is 40.5 Å². The molecule has 3 rings (SSSR count). The number of aliphatic imine (C=N–C) groups is 1. The molecule has 0 spiro atoms. The van der Waals surface area contributed by atoms with Crippen molar-refractivity contribution in [2.45, 2.75) is 33.7 Å². The second kappa shape index (κ2) is 8.96. The topological polar surface area (TPSA) is 93.6 Å². The predicted molar refractivity (Wildman–Crippen MR) is 106 cm³/mol. The average Bonchev–Trinajstić information content (AvgIpc) is 3.00. The minimum absolute atomic E-state index is 0.0482. The normalized spacial score (nSPS) is 19.4. The zero-order valence-electron chi connectivity index (χ0n) is 15.5. The minimum Gasteiger partial charge on any atom is -0.507 e. The van der Waals surface area contributed by atoms with Crippen molar-refractivity contribution in [2.24, 2.45) is 10.9 Å². The number of phenols is 1. The molecule has 6 nitrogen and oxygen atoms in total. The van der Waals surface area contributed by atoms with Crippen LogP contribution in [0.1, 0.15) is 32.0 Å². The first-order valence-electron chi connectivity index (χ1n) is 8.68. The van der Waals surface area contributed by atoms with E-state index in [4.69, 9.17) is 22.1 Å². The molecule has 1 saturated heterocycles. The Bertz CT molecular complexity index is 772. The molecule has 2 unspecified atom stereocenters. The first-order chi connectivity index (χ1) is 12.5. The van der Waals surface area contributed by atoms with E-state index in [1.165, 1.54) is 6.07 Å². The number of ether oxygens (including phenoxy) is 1. The highest BCUT2D eigenvalue weighted by atomic mass is 35.5. The van der Waals surface area contributed by atoms with Crippen molar-refractivity contribution in [1.82, 2.24) is 9.97 Å². The maximum atomic E-state index is 10.1. The van der Waals surface area contributed by atoms with Crippen molar-refractivity contribution in [1.29, 1.82) is 0 Å². The van der Waals surface area contributed by atoms with E-state index in [1.54, 1.807) is 18.5 Å². The zero-order valence-corrected chi connectivity index (χ0v) is 16.3. The van der Waals surface area contributed by atoms with Gasteiger partial charge in [-0.25, -0.2) is 9.97 Å². The first kappa shape index (κ1) is 20.1. The number of anilines is 1. The van der Waals surface area contributed by atoms with Crippen molar-refractivity contribution in [3.05, 3.63) is 34.6 Å². The van der Waals surface area contributed by atoms with E-state index in [2.05, 4.69) is 21.9 Å². The van der Waals surface area contributed by atoms with Crippen LogP contribution in [-0.2, 0) is 4.74 Å². The first-order valence-corrected chi connectivity index (χ1v) is 9.06. The molecule has 1 fully saturated rings. The number of aromatic nitrogens is 2. The minimum atomic E-state index is 0.0482. The molecule has 7 heteroatoms. The summed E-state index contributed by atoms with van der Waals surface area (Å²) in [4.78, 5) is 13.2. The van der Waals surface area contributed by atoms with Gasteiger partial charge in [-0.1, -0.05) is 32.4 Å². The highest BCUT2D eigenvalue weighted by Crippen LogP contribution is 2.34. The number of nitrogens with two attached hydrogens (primary N) is 1. The Kier molecular flexibility index (Phi) is 6.94. The maximum absolute atomic E-state index is 10.1. The summed E-state index contributed by atoms with van der Waals surface area (Å²) in [5, 5.41) is 10.6. The van der Waals surface area contributed by atoms with E-state index < -0.39 is 0 Å². The van der Waals surface area contributed by atoms with E-state index in [0.717, 1.165) is 12.2 Å². The van der Waals surface area contributed by atoms with Gasteiger partial charge in [-0.2, -0.15) is 0 Å². The number of aromatic hydroxyl groups is 1. The van der Waals surface area contributed by atoms with Crippen molar-refractivity contribution < 1.29 is 9.84 Å². The van der Waals surface area contributed by atoms with Gasteiger partial charge in [0.25, 0.3) is 0 Å². The molecule has 140 valence electrons. The molecule has 0 aliphatic carbocycles. The third-order valence-corrected chi connectivity index (χ3v) is 4.30. The summed E-state index contributed by atoms with van der Waals surface area (Å²) in [6.45, 7) is 9.27. The number of hydrogen-bond donors (Lipinski definition) is 2. The lowest BCUT2D eigenvalue weighted by molar-refractivity contribution is 0.186. The third-order valence-electron chi connectivity index (χ3n) is 4.08. The van der Waals surface area contributed by atoms with Gasteiger partial charge in [-0.05, 0) is 24.6 Å². The molecule has 1 aliphatic rings. The molecule has 26 heavy (non-hydrogen) atoms. The zero-order chi connectivity index (χ0) is 19.3. The quantitative estimate of drug-likeness (QED) is 0.793. The molecule has 0 saturated carbocycles. The fraction of sp³-hybridized carbons (Fsp3) is 0.421. The number of rotatable bonds is 3. The summed E-state index contributed by atoms with van der Waals surface area (Å²) < 4.78 is 5.38. The van der Waals surface area contributed by atoms with Crippen molar-refractivity contribution in [3.8, 4) is 17.0 Å². The van der Waals surface area contributed by atoms with Crippen LogP contribution in [0.4, 0.5) is 5.82 Å². The van der Waals surface area contributed by atoms with E-state index in [0.29, 0.717) is 34.5 Å². The van der Waals surface area contributed by atoms with Crippen LogP contribution in [0.2, 0.25) is 5.02 Å². The fourth-order valence-electron chi connectivity index (χ4n) is 2.70. The van der Waals surface area contributed by atoms with Crippen LogP contribution in [0, 0.1) is 12.8 Å². The summed E-state index contributed by atoms with van der Waals surface area (Å²) >= 11 is 5.93. The molecule has 0 amide bonds. The van der Waals surface area contributed by atoms with E-state index in [9.17, 15) is 5.11 Å². The van der Waals surface area contributed by atoms with Gasteiger partial charge in [0, 0.05) is 16.5 Å². The number of phenolic OH excluding ortho intramolecular Hbond substituents is 1. The molecular formula is C19H25ClN4O2. The summed E-state index contributed by atoms with van der Waals surface area (Å²) in [5.41, 5.74) is 8.37. The van der Waals surface area contributed by atoms with Gasteiger partial charge in [0.15, 0.2) is 5.82 Å². The number of nitrogens with zero attached hydrogens (tertiary/aromatic N) is 3. The van der Waals surface area contributed by atoms with Crippen LogP contribution < -0.4 is 5.73 Å². The monoisotopic (exact) mass is 376 g/mol. The summed E-state index contributed by atoms with van der Waals surface area (Å²) in [7, 11) is 0. The molecule has 1 aromatic carbocycles. The van der Waals surface area contributed by atoms with E-state index in [-0.39, 0.29) is 17.6 Å². The van der Waals surface area contributed by atoms with Gasteiger partial charge in [-0.15, -0.1) is 0 Å². The Morgan fingerprint density at radius 2 is 2.08 bits per heavy atom. The largest absolute Gasteiger partial charge is 0.507 e. The standard InChI is InChI=1S/C17H19ClN4O2.C2H6/c1-9-3-11(18)4-15(23)16(9)12-5-20-13(17(19)22-12)6-21-14-8-24-7-10(14)2;1-2/h3-6,10,14,23H,7-8H2,1-2H3,(H2,19,22);1-2H3. The lowest BCUT2D eigenvalue weighted by atomic mass is 10.0. The summed E-state index contributed by atoms with van der Waals surface area (Å²) in [6.07, 6.45) is 3.21. The Labute approximate surface area is 159 Å². The van der Waals surface area contributed by atoms with Gasteiger partial charge in [0.1, 0.15) is 11.4 Å². The van der Waals surface area contributed by atoms with Gasteiger partial charge < -0.3 is 15.6 Å². The molecular weight excluding hydrogens is 352 g/mol.